The fourth-order valence-corrected chi connectivity index (χ4v) is 15.3. The van der Waals surface area contributed by atoms with Gasteiger partial charge in [-0.1, -0.05) is 112 Å². The van der Waals surface area contributed by atoms with Gasteiger partial charge in [-0.2, -0.15) is 0 Å². The van der Waals surface area contributed by atoms with Gasteiger partial charge in [0.25, 0.3) is 5.91 Å². The number of unbranched alkanes of at least 4 members (excludes halogenated alkanes) is 1. The number of esters is 2. The lowest BCUT2D eigenvalue weighted by atomic mass is 9.92. The Kier molecular flexibility index (Phi) is 45.6. The highest BCUT2D eigenvalue weighted by atomic mass is 33.1. The number of nitrogens with one attached hydrogen (secondary N) is 11. The third-order valence-electron chi connectivity index (χ3n) is 19.3. The Morgan fingerprint density at radius 1 is 0.634 bits per heavy atom. The first-order chi connectivity index (χ1) is 58.2. The molecule has 1 aromatic heterocycles. The lowest BCUT2D eigenvalue weighted by Crippen LogP contribution is -2.59. The van der Waals surface area contributed by atoms with E-state index in [4.69, 9.17) is 19.3 Å². The van der Waals surface area contributed by atoms with Gasteiger partial charge in [-0.05, 0) is 112 Å². The number of thiazole rings is 1. The van der Waals surface area contributed by atoms with Gasteiger partial charge in [0.2, 0.25) is 35.4 Å². The van der Waals surface area contributed by atoms with Crippen LogP contribution in [0, 0.1) is 17.8 Å². The van der Waals surface area contributed by atoms with Crippen molar-refractivity contribution in [2.24, 2.45) is 17.8 Å². The standard InChI is InChI=1S/C78H112N14O28S3/c1-9-15-64(102)119-41-92(72(108)65(43(5)10-2)88-70(107)57-17-12-14-29-91(57)8)58(42(3)4)37-59(120-45(7)93)71-85-55(39-121-71)69(106)81-49(33-46-22-24-50(94)25-23-46)32-44(6)66(103)89-90-78(117)118-30-31-122-123-40-56(75(113)114)84-68(105)54(36-63(100)101)83-67(104)53(35-62(98)99)82-60(95)34-47-18-20-48(21-19-47)38-80-76(115)79-28-13-11-16-51(73(109)110)86-77(116)87-52(74(111)112)26-27-61(96)97/h18-25,39,42-44,49,51-54,56-59,65,94H,9-17,26-38,40-41H2,1-8H3,(H,81,106)(H,82,95)(H,83,104)(H,84,105)(H,88,107)(H,89,103)(H,90,117)(H,96,97)(H,98,99)(H,100,101)(H,109,110)(H,111,112)(H,113,114)(H2,79,80,115)(H2,86,87,116)/t43?,44-,49+,51-,52+,53-,54-,56-,57+,58+,59+,65-/m0/s1. The summed E-state index contributed by atoms with van der Waals surface area (Å²) < 4.78 is 16.7. The first-order valence-electron chi connectivity index (χ1n) is 39.7. The topological polar surface area (TPSA) is 628 Å². The number of aromatic hydroxyl groups is 1. The van der Waals surface area contributed by atoms with Crippen LogP contribution in [0.1, 0.15) is 183 Å². The molecule has 0 aliphatic carbocycles. The predicted octanol–water partition coefficient (Wildman–Crippen LogP) is 3.29. The fourth-order valence-electron chi connectivity index (χ4n) is 12.4. The first kappa shape index (κ1) is 104. The van der Waals surface area contributed by atoms with Gasteiger partial charge >= 0.3 is 65.9 Å². The van der Waals surface area contributed by atoms with Crippen LogP contribution in [0.3, 0.4) is 0 Å². The largest absolute Gasteiger partial charge is 0.508 e. The number of likely N-dealkylation sites (N-methyl/N-ethyl adjacent to an activating group) is 1. The third kappa shape index (κ3) is 39.0. The van der Waals surface area contributed by atoms with E-state index in [0.29, 0.717) is 42.5 Å². The second kappa shape index (κ2) is 54.0. The maximum Gasteiger partial charge on any atom is 0.426 e. The van der Waals surface area contributed by atoms with Gasteiger partial charge in [-0.15, -0.1) is 11.3 Å². The number of aromatic nitrogens is 1. The molecule has 0 saturated carbocycles. The van der Waals surface area contributed by atoms with E-state index < -0.39 is 207 Å². The monoisotopic (exact) mass is 1790 g/mol. The normalized spacial score (nSPS) is 15.2. The van der Waals surface area contributed by atoms with Crippen LogP contribution in [0.15, 0.2) is 53.9 Å². The predicted molar refractivity (Wildman–Crippen MR) is 442 cm³/mol. The van der Waals surface area contributed by atoms with Crippen LogP contribution >= 0.6 is 32.9 Å². The molecule has 1 saturated heterocycles. The number of phenols is 1. The third-order valence-corrected chi connectivity index (χ3v) is 22.6. The molecule has 680 valence electrons. The number of ether oxygens (including phenoxy) is 3. The maximum absolute atomic E-state index is 15.0. The lowest BCUT2D eigenvalue weighted by molar-refractivity contribution is -0.161. The van der Waals surface area contributed by atoms with Gasteiger partial charge in [0.05, 0.1) is 25.3 Å². The summed E-state index contributed by atoms with van der Waals surface area (Å²) in [5.74, 6) is -18.2. The molecular formula is C78H112N14O28S3. The second-order valence-corrected chi connectivity index (χ2v) is 33.0. The highest BCUT2D eigenvalue weighted by molar-refractivity contribution is 8.76. The average molecular weight is 1790 g/mol. The summed E-state index contributed by atoms with van der Waals surface area (Å²) >= 11 is 1.000. The summed E-state index contributed by atoms with van der Waals surface area (Å²) in [6.07, 6.45) is -2.14. The molecule has 1 aliphatic heterocycles. The highest BCUT2D eigenvalue weighted by Gasteiger charge is 2.41. The van der Waals surface area contributed by atoms with Gasteiger partial charge in [0, 0.05) is 74.2 Å². The Hall–Kier alpha value is -11.6. The number of benzene rings is 2. The summed E-state index contributed by atoms with van der Waals surface area (Å²) in [6, 6.07) is -1.38. The minimum Gasteiger partial charge on any atom is -0.508 e. The molecule has 2 aromatic carbocycles. The second-order valence-electron chi connectivity index (χ2n) is 29.5. The van der Waals surface area contributed by atoms with Crippen molar-refractivity contribution in [1.29, 1.82) is 0 Å². The molecular weight excluding hydrogens is 1680 g/mol. The number of amides is 12. The maximum atomic E-state index is 15.0. The van der Waals surface area contributed by atoms with Crippen molar-refractivity contribution in [3.63, 3.8) is 0 Å². The number of carbonyl (C=O) groups is 18. The van der Waals surface area contributed by atoms with Gasteiger partial charge in [-0.3, -0.25) is 67.9 Å². The Labute approximate surface area is 720 Å². The van der Waals surface area contributed by atoms with Crippen LogP contribution in [0.25, 0.3) is 0 Å². The van der Waals surface area contributed by atoms with E-state index in [1.165, 1.54) is 60.5 Å². The summed E-state index contributed by atoms with van der Waals surface area (Å²) in [6.45, 7) is 11.9. The first-order valence-corrected chi connectivity index (χ1v) is 43.1. The molecule has 2 heterocycles. The van der Waals surface area contributed by atoms with Gasteiger partial charge < -0.3 is 103 Å². The number of urea groups is 2. The molecule has 1 fully saturated rings. The number of hydrogen-bond acceptors (Lipinski definition) is 27. The Balaban J connectivity index is 1.29. The zero-order chi connectivity index (χ0) is 91.6. The molecule has 4 rings (SSSR count). The molecule has 1 aliphatic rings. The molecule has 0 bridgehead atoms. The van der Waals surface area contributed by atoms with Crippen molar-refractivity contribution in [3.05, 3.63) is 81.3 Å². The van der Waals surface area contributed by atoms with Gasteiger partial charge in [0.1, 0.15) is 59.3 Å². The van der Waals surface area contributed by atoms with Crippen molar-refractivity contribution in [2.75, 3.05) is 45.0 Å². The molecule has 0 spiro atoms. The minimum absolute atomic E-state index is 0.00261. The van der Waals surface area contributed by atoms with Crippen molar-refractivity contribution >= 4 is 140 Å². The van der Waals surface area contributed by atoms with E-state index in [1.807, 2.05) is 45.0 Å². The van der Waals surface area contributed by atoms with Crippen molar-refractivity contribution < 1.29 is 136 Å². The minimum atomic E-state index is -2.00. The average Bonchev–Trinajstić information content (AvgIpc) is 1.60. The van der Waals surface area contributed by atoms with Gasteiger partial charge in [0.15, 0.2) is 12.8 Å². The van der Waals surface area contributed by atoms with Crippen molar-refractivity contribution in [1.82, 2.24) is 73.5 Å². The van der Waals surface area contributed by atoms with Gasteiger partial charge in [-0.25, -0.2) is 39.2 Å². The molecule has 18 N–H and O–H groups in total. The van der Waals surface area contributed by atoms with E-state index in [2.05, 4.69) is 58.4 Å². The molecule has 45 heteroatoms. The number of carboxylic acid groups (broad SMARTS) is 6. The zero-order valence-electron chi connectivity index (χ0n) is 69.4. The molecule has 123 heavy (non-hydrogen) atoms. The number of carboxylic acids is 6. The van der Waals surface area contributed by atoms with Crippen molar-refractivity contribution in [3.8, 4) is 5.75 Å². The fraction of sp³-hybridized carbons (Fsp3) is 0.577. The number of hydrogen-bond donors (Lipinski definition) is 18. The Morgan fingerprint density at radius 2 is 1.24 bits per heavy atom. The summed E-state index contributed by atoms with van der Waals surface area (Å²) in [5.41, 5.74) is 5.82. The van der Waals surface area contributed by atoms with Crippen LogP contribution < -0.4 is 58.7 Å². The summed E-state index contributed by atoms with van der Waals surface area (Å²) in [7, 11) is 3.70. The number of nitrogens with zero attached hydrogens (tertiary/aromatic N) is 3. The quantitative estimate of drug-likeness (QED) is 0.00962. The number of piperidine rings is 1. The molecule has 3 aromatic rings. The Bertz CT molecular complexity index is 4110. The highest BCUT2D eigenvalue weighted by Crippen LogP contribution is 2.33. The van der Waals surface area contributed by atoms with E-state index in [1.54, 1.807) is 19.1 Å². The smallest absolute Gasteiger partial charge is 0.426 e. The molecule has 42 nitrogen and oxygen atoms in total. The van der Waals surface area contributed by atoms with Crippen LogP contribution in [0.2, 0.25) is 0 Å². The van der Waals surface area contributed by atoms with Crippen LogP contribution in [0.4, 0.5) is 14.4 Å². The zero-order valence-corrected chi connectivity index (χ0v) is 71.9. The van der Waals surface area contributed by atoms with Crippen molar-refractivity contribution in [2.45, 2.75) is 225 Å². The molecule has 0 radical (unpaired) electrons. The summed E-state index contributed by atoms with van der Waals surface area (Å²) in [4.78, 5) is 238. The number of likely N-dealkylation sites (tertiary alicyclic amines) is 1. The van der Waals surface area contributed by atoms with E-state index in [9.17, 15) is 112 Å². The summed E-state index contributed by atoms with van der Waals surface area (Å²) in [5, 5.41) is 90.2. The number of phenolic OH excluding ortho intramolecular Hbond substituents is 1. The lowest BCUT2D eigenvalue weighted by Gasteiger charge is -2.39. The number of hydrazine groups is 1. The molecule has 1 unspecified atom stereocenters. The van der Waals surface area contributed by atoms with E-state index >= 15 is 4.79 Å². The number of rotatable bonds is 54. The van der Waals surface area contributed by atoms with Crippen LogP contribution in [-0.4, -0.2) is 257 Å². The number of aliphatic carboxylic acids is 6. The number of carbonyl (C=O) groups excluding carboxylic acids is 12. The Morgan fingerprint density at radius 3 is 1.83 bits per heavy atom. The van der Waals surface area contributed by atoms with Crippen LogP contribution in [-0.2, 0) is 101 Å². The van der Waals surface area contributed by atoms with E-state index in [0.717, 1.165) is 45.8 Å². The molecule has 12 amide bonds. The van der Waals surface area contributed by atoms with Crippen LogP contribution in [0.5, 0.6) is 5.75 Å². The SMILES string of the molecule is CCCC(=O)OCN(C(=O)[C@@H](NC(=O)[C@H]1CCCCN1C)C(C)CC)[C@H](C[C@@H](OC(C)=O)c1nc(C(=O)N[C@@H](Cc2ccc(O)cc2)C[C@H](C)C(=O)NNC(=O)OCCSSC[C@H](NC(=O)[C@H](CC(=O)O)NC(=O)[C@H](CC(=O)O)NC(=O)Cc2ccc(CNC(=O)NCCCC[C@H](NC(=O)N[C@H](CCC(=O)O)C(=O)O)C(=O)O)cc2)C(=O)O)cs1)C(C)C. The molecule has 12 atom stereocenters. The van der Waals surface area contributed by atoms with E-state index in [-0.39, 0.29) is 110 Å².